The van der Waals surface area contributed by atoms with Gasteiger partial charge in [0.15, 0.2) is 5.11 Å². The highest BCUT2D eigenvalue weighted by Gasteiger charge is 2.42. The third-order valence-corrected chi connectivity index (χ3v) is 6.04. The Balaban J connectivity index is 1.55. The Morgan fingerprint density at radius 3 is 2.47 bits per heavy atom. The van der Waals surface area contributed by atoms with Crippen molar-refractivity contribution in [3.05, 3.63) is 107 Å². The molecule has 0 amide bonds. The molecule has 0 saturated carbocycles. The van der Waals surface area contributed by atoms with E-state index in [1.807, 2.05) is 59.5 Å². The Morgan fingerprint density at radius 2 is 1.82 bits per heavy atom. The molecule has 5 rings (SSSR count). The zero-order chi connectivity index (χ0) is 23.7. The minimum atomic E-state index is -0.424. The SMILES string of the molecule is COc1ccc(N2C(=S)N[C@H](c3ccccn3)[C@@H]2c2ccc(-c3ccc([N+](=O)[O-])cc3)o2)cc1. The van der Waals surface area contributed by atoms with Crippen molar-refractivity contribution in [2.45, 2.75) is 12.1 Å². The van der Waals surface area contributed by atoms with E-state index in [1.165, 1.54) is 12.1 Å². The number of pyridine rings is 1. The minimum Gasteiger partial charge on any atom is -0.497 e. The lowest BCUT2D eigenvalue weighted by atomic mass is 10.0. The highest BCUT2D eigenvalue weighted by Crippen LogP contribution is 2.43. The molecule has 9 heteroatoms. The van der Waals surface area contributed by atoms with Crippen LogP contribution in [0.2, 0.25) is 0 Å². The first kappa shape index (κ1) is 21.6. The predicted molar refractivity (Wildman–Crippen MR) is 132 cm³/mol. The van der Waals surface area contributed by atoms with E-state index in [-0.39, 0.29) is 17.8 Å². The summed E-state index contributed by atoms with van der Waals surface area (Å²) >= 11 is 5.73. The number of rotatable bonds is 6. The van der Waals surface area contributed by atoms with Crippen LogP contribution in [0.15, 0.2) is 89.5 Å². The maximum atomic E-state index is 11.0. The van der Waals surface area contributed by atoms with Gasteiger partial charge in [0, 0.05) is 29.6 Å². The zero-order valence-corrected chi connectivity index (χ0v) is 18.9. The standard InChI is InChI=1S/C25H20N4O4S/c1-32-19-11-9-17(10-12-19)28-24(23(27-25(28)34)20-4-2-3-15-26-20)22-14-13-21(33-22)16-5-7-18(8-6-16)29(30)31/h2-15,23-24H,1H3,(H,27,34)/t23-,24+/m1/s1. The summed E-state index contributed by atoms with van der Waals surface area (Å²) in [5.74, 6) is 2.04. The molecule has 1 fully saturated rings. The van der Waals surface area contributed by atoms with Crippen molar-refractivity contribution in [1.29, 1.82) is 0 Å². The largest absolute Gasteiger partial charge is 0.497 e. The number of ether oxygens (including phenoxy) is 1. The van der Waals surface area contributed by atoms with Gasteiger partial charge in [-0.25, -0.2) is 0 Å². The first-order valence-corrected chi connectivity index (χ1v) is 11.0. The Labute approximate surface area is 201 Å². The fourth-order valence-corrected chi connectivity index (χ4v) is 4.43. The second-order valence-electron chi connectivity index (χ2n) is 7.70. The molecule has 3 heterocycles. The van der Waals surface area contributed by atoms with Crippen molar-refractivity contribution in [3.8, 4) is 17.1 Å². The first-order chi connectivity index (χ1) is 16.5. The van der Waals surface area contributed by atoms with Crippen molar-refractivity contribution in [2.75, 3.05) is 12.0 Å². The summed E-state index contributed by atoms with van der Waals surface area (Å²) in [5.41, 5.74) is 2.49. The summed E-state index contributed by atoms with van der Waals surface area (Å²) in [6.07, 6.45) is 1.75. The van der Waals surface area contributed by atoms with Crippen LogP contribution in [0.4, 0.5) is 11.4 Å². The van der Waals surface area contributed by atoms with E-state index in [0.29, 0.717) is 16.6 Å². The molecule has 2 atom stereocenters. The number of thiocarbonyl (C=S) groups is 1. The van der Waals surface area contributed by atoms with Crippen LogP contribution in [0, 0.1) is 10.1 Å². The lowest BCUT2D eigenvalue weighted by Gasteiger charge is -2.26. The molecule has 2 aromatic carbocycles. The fourth-order valence-electron chi connectivity index (χ4n) is 4.08. The van der Waals surface area contributed by atoms with Crippen LogP contribution in [0.3, 0.4) is 0 Å². The second kappa shape index (κ2) is 8.95. The van der Waals surface area contributed by atoms with Crippen LogP contribution in [0.1, 0.15) is 23.5 Å². The number of nitro groups is 1. The molecule has 0 radical (unpaired) electrons. The molecule has 1 aliphatic heterocycles. The molecule has 2 aromatic heterocycles. The number of nitro benzene ring substituents is 1. The Kier molecular flexibility index (Phi) is 5.69. The van der Waals surface area contributed by atoms with E-state index in [0.717, 1.165) is 22.7 Å². The summed E-state index contributed by atoms with van der Waals surface area (Å²) in [6.45, 7) is 0. The van der Waals surface area contributed by atoms with Crippen LogP contribution >= 0.6 is 12.2 Å². The fraction of sp³-hybridized carbons (Fsp3) is 0.120. The Hall–Kier alpha value is -4.24. The second-order valence-corrected chi connectivity index (χ2v) is 8.09. The molecule has 0 spiro atoms. The van der Waals surface area contributed by atoms with Gasteiger partial charge >= 0.3 is 0 Å². The number of nitrogens with one attached hydrogen (secondary N) is 1. The van der Waals surface area contributed by atoms with Crippen LogP contribution in [-0.2, 0) is 0 Å². The van der Waals surface area contributed by atoms with Crippen molar-refractivity contribution < 1.29 is 14.1 Å². The number of anilines is 1. The van der Waals surface area contributed by atoms with Gasteiger partial charge in [-0.2, -0.15) is 0 Å². The maximum Gasteiger partial charge on any atom is 0.269 e. The summed E-state index contributed by atoms with van der Waals surface area (Å²) in [7, 11) is 1.62. The van der Waals surface area contributed by atoms with Crippen molar-refractivity contribution in [2.24, 2.45) is 0 Å². The third kappa shape index (κ3) is 3.97. The van der Waals surface area contributed by atoms with E-state index >= 15 is 0 Å². The lowest BCUT2D eigenvalue weighted by molar-refractivity contribution is -0.384. The molecule has 1 aliphatic rings. The Morgan fingerprint density at radius 1 is 1.06 bits per heavy atom. The van der Waals surface area contributed by atoms with Crippen LogP contribution in [-0.4, -0.2) is 22.1 Å². The smallest absolute Gasteiger partial charge is 0.269 e. The number of hydrogen-bond acceptors (Lipinski definition) is 6. The molecular formula is C25H20N4O4S. The van der Waals surface area contributed by atoms with Crippen molar-refractivity contribution >= 4 is 28.7 Å². The van der Waals surface area contributed by atoms with Crippen LogP contribution in [0.5, 0.6) is 5.75 Å². The van der Waals surface area contributed by atoms with E-state index in [1.54, 1.807) is 25.4 Å². The van der Waals surface area contributed by atoms with Crippen molar-refractivity contribution in [3.63, 3.8) is 0 Å². The monoisotopic (exact) mass is 472 g/mol. The van der Waals surface area contributed by atoms with Gasteiger partial charge in [-0.1, -0.05) is 6.07 Å². The summed E-state index contributed by atoms with van der Waals surface area (Å²) < 4.78 is 11.6. The number of aromatic nitrogens is 1. The molecule has 8 nitrogen and oxygen atoms in total. The van der Waals surface area contributed by atoms with E-state index in [4.69, 9.17) is 21.4 Å². The molecule has 0 unspecified atom stereocenters. The van der Waals surface area contributed by atoms with Gasteiger partial charge in [0.2, 0.25) is 0 Å². The van der Waals surface area contributed by atoms with Gasteiger partial charge in [0.1, 0.15) is 23.3 Å². The molecule has 34 heavy (non-hydrogen) atoms. The average Bonchev–Trinajstić information content (AvgIpc) is 3.49. The van der Waals surface area contributed by atoms with E-state index in [2.05, 4.69) is 10.3 Å². The molecule has 4 aromatic rings. The summed E-state index contributed by atoms with van der Waals surface area (Å²) in [6, 6.07) is 22.9. The van der Waals surface area contributed by atoms with Gasteiger partial charge < -0.3 is 19.4 Å². The highest BCUT2D eigenvalue weighted by molar-refractivity contribution is 7.80. The number of benzene rings is 2. The lowest BCUT2D eigenvalue weighted by Crippen LogP contribution is -2.29. The predicted octanol–water partition coefficient (Wildman–Crippen LogP) is 5.44. The van der Waals surface area contributed by atoms with E-state index < -0.39 is 4.92 Å². The number of non-ortho nitro benzene ring substituents is 1. The van der Waals surface area contributed by atoms with Crippen molar-refractivity contribution in [1.82, 2.24) is 10.3 Å². The molecule has 170 valence electrons. The molecule has 0 bridgehead atoms. The van der Waals surface area contributed by atoms with Crippen LogP contribution in [0.25, 0.3) is 11.3 Å². The van der Waals surface area contributed by atoms with Gasteiger partial charge in [-0.05, 0) is 72.9 Å². The summed E-state index contributed by atoms with van der Waals surface area (Å²) in [4.78, 5) is 17.1. The quantitative estimate of drug-likeness (QED) is 0.225. The minimum absolute atomic E-state index is 0.0294. The molecule has 1 N–H and O–H groups in total. The first-order valence-electron chi connectivity index (χ1n) is 10.5. The Bertz CT molecular complexity index is 1320. The highest BCUT2D eigenvalue weighted by atomic mass is 32.1. The molecule has 0 aliphatic carbocycles. The number of nitrogens with zero attached hydrogens (tertiary/aromatic N) is 3. The topological polar surface area (TPSA) is 93.7 Å². The van der Waals surface area contributed by atoms with Gasteiger partial charge in [-0.3, -0.25) is 15.1 Å². The number of furan rings is 1. The maximum absolute atomic E-state index is 11.0. The van der Waals surface area contributed by atoms with Crippen LogP contribution < -0.4 is 15.0 Å². The summed E-state index contributed by atoms with van der Waals surface area (Å²) in [5, 5.41) is 14.9. The van der Waals surface area contributed by atoms with Gasteiger partial charge in [0.25, 0.3) is 5.69 Å². The van der Waals surface area contributed by atoms with E-state index in [9.17, 15) is 10.1 Å². The average molecular weight is 473 g/mol. The molecular weight excluding hydrogens is 452 g/mol. The zero-order valence-electron chi connectivity index (χ0n) is 18.1. The normalized spacial score (nSPS) is 17.4. The van der Waals surface area contributed by atoms with Gasteiger partial charge in [-0.15, -0.1) is 0 Å². The van der Waals surface area contributed by atoms with Gasteiger partial charge in [0.05, 0.1) is 23.8 Å². The third-order valence-electron chi connectivity index (χ3n) is 5.73. The number of methoxy groups -OCH3 is 1. The number of hydrogen-bond donors (Lipinski definition) is 1. The molecule has 1 saturated heterocycles.